The van der Waals surface area contributed by atoms with Crippen LogP contribution in [0.4, 0.5) is 4.39 Å². The molecule has 0 radical (unpaired) electrons. The topological polar surface area (TPSA) is 66.8 Å². The number of Topliss-reactive ketones (excluding diaryl/α,β-unsaturated/α-hetero) is 1. The van der Waals surface area contributed by atoms with Crippen molar-refractivity contribution in [3.8, 4) is 0 Å². The molecule has 2 fully saturated rings. The van der Waals surface area contributed by atoms with Gasteiger partial charge in [0.2, 0.25) is 0 Å². The van der Waals surface area contributed by atoms with Gasteiger partial charge in [-0.2, -0.15) is 0 Å². The molecule has 0 aliphatic carbocycles. The number of carbonyl (C=O) groups is 2. The minimum absolute atomic E-state index is 0.0399. The predicted molar refractivity (Wildman–Crippen MR) is 106 cm³/mol. The van der Waals surface area contributed by atoms with Crippen LogP contribution in [-0.4, -0.2) is 41.0 Å². The van der Waals surface area contributed by atoms with E-state index in [0.29, 0.717) is 17.2 Å². The summed E-state index contributed by atoms with van der Waals surface area (Å²) in [4.78, 5) is 27.2. The van der Waals surface area contributed by atoms with Crippen LogP contribution in [0.25, 0.3) is 5.76 Å². The minimum Gasteiger partial charge on any atom is -0.507 e. The van der Waals surface area contributed by atoms with Crippen molar-refractivity contribution in [1.82, 2.24) is 4.90 Å². The lowest BCUT2D eigenvalue weighted by Crippen LogP contribution is -2.36. The van der Waals surface area contributed by atoms with E-state index in [1.54, 1.807) is 24.3 Å². The van der Waals surface area contributed by atoms with Gasteiger partial charge in [0.05, 0.1) is 17.7 Å². The summed E-state index contributed by atoms with van der Waals surface area (Å²) in [5.74, 6) is -2.29. The Morgan fingerprint density at radius 1 is 1.21 bits per heavy atom. The summed E-state index contributed by atoms with van der Waals surface area (Å²) in [6.45, 7) is 0.855. The summed E-state index contributed by atoms with van der Waals surface area (Å²) in [6.07, 6.45) is 1.52. The van der Waals surface area contributed by atoms with Crippen LogP contribution >= 0.6 is 11.6 Å². The summed E-state index contributed by atoms with van der Waals surface area (Å²) in [5.41, 5.74) is 0.828. The molecule has 2 aromatic carbocycles. The van der Waals surface area contributed by atoms with Gasteiger partial charge in [-0.1, -0.05) is 23.7 Å². The average molecular weight is 416 g/mol. The van der Waals surface area contributed by atoms with Crippen LogP contribution in [0.15, 0.2) is 54.1 Å². The molecule has 0 spiro atoms. The molecule has 2 heterocycles. The van der Waals surface area contributed by atoms with Gasteiger partial charge in [0.1, 0.15) is 11.6 Å². The van der Waals surface area contributed by atoms with Crippen LogP contribution in [0.3, 0.4) is 0 Å². The van der Waals surface area contributed by atoms with E-state index in [-0.39, 0.29) is 29.5 Å². The number of nitrogens with zero attached hydrogens (tertiary/aromatic N) is 1. The molecule has 1 N–H and O–H groups in total. The van der Waals surface area contributed by atoms with Gasteiger partial charge in [0.15, 0.2) is 0 Å². The first-order valence-corrected chi connectivity index (χ1v) is 9.75. The number of ether oxygens (including phenoxy) is 1. The fourth-order valence-electron chi connectivity index (χ4n) is 3.86. The molecule has 5 nitrogen and oxygen atoms in total. The van der Waals surface area contributed by atoms with Gasteiger partial charge in [-0.25, -0.2) is 4.39 Å². The van der Waals surface area contributed by atoms with Gasteiger partial charge in [-0.3, -0.25) is 9.59 Å². The Labute approximate surface area is 172 Å². The highest BCUT2D eigenvalue weighted by Crippen LogP contribution is 2.40. The first-order valence-electron chi connectivity index (χ1n) is 9.37. The largest absolute Gasteiger partial charge is 0.507 e. The van der Waals surface area contributed by atoms with Gasteiger partial charge < -0.3 is 14.7 Å². The quantitative estimate of drug-likeness (QED) is 0.464. The van der Waals surface area contributed by atoms with Crippen molar-refractivity contribution in [2.24, 2.45) is 0 Å². The van der Waals surface area contributed by atoms with Crippen LogP contribution in [0, 0.1) is 5.82 Å². The SMILES string of the molecule is O=C1C(=O)N(CC2CCCO2)C(c2cccc(Cl)c2)/C1=C(/O)c1ccc(F)cc1. The lowest BCUT2D eigenvalue weighted by Gasteiger charge is -2.27. The van der Waals surface area contributed by atoms with E-state index in [1.807, 2.05) is 0 Å². The molecule has 2 unspecified atom stereocenters. The highest BCUT2D eigenvalue weighted by Gasteiger charge is 2.47. The number of halogens is 2. The van der Waals surface area contributed by atoms with E-state index in [2.05, 4.69) is 0 Å². The summed E-state index contributed by atoms with van der Waals surface area (Å²) < 4.78 is 18.9. The van der Waals surface area contributed by atoms with Gasteiger partial charge in [0.25, 0.3) is 11.7 Å². The molecule has 2 aliphatic heterocycles. The van der Waals surface area contributed by atoms with Crippen LogP contribution in [-0.2, 0) is 14.3 Å². The molecular weight excluding hydrogens is 397 g/mol. The summed E-state index contributed by atoms with van der Waals surface area (Å²) in [6, 6.07) is 11.1. The van der Waals surface area contributed by atoms with E-state index in [1.165, 1.54) is 29.2 Å². The molecule has 150 valence electrons. The van der Waals surface area contributed by atoms with E-state index in [0.717, 1.165) is 12.8 Å². The number of likely N-dealkylation sites (tertiary alicyclic amines) is 1. The molecule has 0 aromatic heterocycles. The summed E-state index contributed by atoms with van der Waals surface area (Å²) >= 11 is 6.14. The number of carbonyl (C=O) groups excluding carboxylic acids is 2. The Morgan fingerprint density at radius 2 is 1.97 bits per heavy atom. The molecular formula is C22H19ClFNO4. The van der Waals surface area contributed by atoms with Gasteiger partial charge >= 0.3 is 0 Å². The zero-order valence-corrected chi connectivity index (χ0v) is 16.2. The second kappa shape index (κ2) is 7.97. The normalized spacial score (nSPS) is 23.7. The van der Waals surface area contributed by atoms with Crippen molar-refractivity contribution in [2.75, 3.05) is 13.2 Å². The molecule has 0 bridgehead atoms. The lowest BCUT2D eigenvalue weighted by atomic mass is 9.95. The van der Waals surface area contributed by atoms with Gasteiger partial charge in [-0.05, 0) is 54.8 Å². The van der Waals surface area contributed by atoms with E-state index in [9.17, 15) is 19.1 Å². The number of aliphatic hydroxyl groups is 1. The number of benzene rings is 2. The Balaban J connectivity index is 1.83. The maximum atomic E-state index is 13.3. The molecule has 29 heavy (non-hydrogen) atoms. The molecule has 2 atom stereocenters. The highest BCUT2D eigenvalue weighted by molar-refractivity contribution is 6.46. The molecule has 7 heteroatoms. The monoisotopic (exact) mass is 415 g/mol. The molecule has 2 saturated heterocycles. The first kappa shape index (κ1) is 19.6. The van der Waals surface area contributed by atoms with Gasteiger partial charge in [0, 0.05) is 23.7 Å². The van der Waals surface area contributed by atoms with Crippen molar-refractivity contribution in [1.29, 1.82) is 0 Å². The number of ketones is 1. The van der Waals surface area contributed by atoms with Crippen molar-refractivity contribution in [3.63, 3.8) is 0 Å². The average Bonchev–Trinajstić information content (AvgIpc) is 3.30. The summed E-state index contributed by atoms with van der Waals surface area (Å²) in [5, 5.41) is 11.3. The molecule has 0 saturated carbocycles. The van der Waals surface area contributed by atoms with E-state index in [4.69, 9.17) is 16.3 Å². The number of hydrogen-bond acceptors (Lipinski definition) is 4. The predicted octanol–water partition coefficient (Wildman–Crippen LogP) is 4.08. The van der Waals surface area contributed by atoms with Crippen molar-refractivity contribution in [3.05, 3.63) is 76.1 Å². The van der Waals surface area contributed by atoms with Crippen molar-refractivity contribution < 1.29 is 23.8 Å². The maximum absolute atomic E-state index is 13.3. The second-order valence-electron chi connectivity index (χ2n) is 7.15. The molecule has 2 aliphatic rings. The molecule has 1 amide bonds. The Morgan fingerprint density at radius 3 is 2.62 bits per heavy atom. The van der Waals surface area contributed by atoms with Crippen LogP contribution < -0.4 is 0 Å². The number of rotatable bonds is 4. The van der Waals surface area contributed by atoms with Crippen LogP contribution in [0.5, 0.6) is 0 Å². The third-order valence-electron chi connectivity index (χ3n) is 5.25. The summed E-state index contributed by atoms with van der Waals surface area (Å²) in [7, 11) is 0. The zero-order valence-electron chi connectivity index (χ0n) is 15.5. The third-order valence-corrected chi connectivity index (χ3v) is 5.48. The fraction of sp³-hybridized carbons (Fsp3) is 0.273. The van der Waals surface area contributed by atoms with Gasteiger partial charge in [-0.15, -0.1) is 0 Å². The fourth-order valence-corrected chi connectivity index (χ4v) is 4.06. The molecule has 2 aromatic rings. The molecule has 4 rings (SSSR count). The zero-order chi connectivity index (χ0) is 20.5. The number of aliphatic hydroxyl groups excluding tert-OH is 1. The lowest BCUT2D eigenvalue weighted by molar-refractivity contribution is -0.140. The standard InChI is InChI=1S/C22H19ClFNO4/c23-15-4-1-3-14(11-15)19-18(20(26)13-6-8-16(24)9-7-13)21(27)22(28)25(19)12-17-5-2-10-29-17/h1,3-4,6-9,11,17,19,26H,2,5,10,12H2/b20-18-. The highest BCUT2D eigenvalue weighted by atomic mass is 35.5. The Bertz CT molecular complexity index is 983. The van der Waals surface area contributed by atoms with Crippen LogP contribution in [0.1, 0.15) is 30.0 Å². The third kappa shape index (κ3) is 3.78. The second-order valence-corrected chi connectivity index (χ2v) is 7.58. The van der Waals surface area contributed by atoms with E-state index >= 15 is 0 Å². The van der Waals surface area contributed by atoms with Crippen LogP contribution in [0.2, 0.25) is 5.02 Å². The number of hydrogen-bond donors (Lipinski definition) is 1. The van der Waals surface area contributed by atoms with Crippen molar-refractivity contribution >= 4 is 29.1 Å². The number of amides is 1. The minimum atomic E-state index is -0.803. The Kier molecular flexibility index (Phi) is 5.39. The maximum Gasteiger partial charge on any atom is 0.295 e. The smallest absolute Gasteiger partial charge is 0.295 e. The Hall–Kier alpha value is -2.70. The van der Waals surface area contributed by atoms with E-state index < -0.39 is 23.5 Å². The van der Waals surface area contributed by atoms with Crippen molar-refractivity contribution in [2.45, 2.75) is 25.0 Å². The first-order chi connectivity index (χ1) is 14.0.